The molecule has 0 aliphatic carbocycles. The van der Waals surface area contributed by atoms with Gasteiger partial charge in [-0.05, 0) is 36.9 Å². The zero-order valence-corrected chi connectivity index (χ0v) is 10.6. The quantitative estimate of drug-likeness (QED) is 0.578. The van der Waals surface area contributed by atoms with Gasteiger partial charge in [-0.15, -0.1) is 11.3 Å². The summed E-state index contributed by atoms with van der Waals surface area (Å²) in [7, 11) is 0. The van der Waals surface area contributed by atoms with Gasteiger partial charge in [0.1, 0.15) is 0 Å². The number of ketones is 1. The molecule has 0 saturated carbocycles. The summed E-state index contributed by atoms with van der Waals surface area (Å²) in [6.07, 6.45) is 3.79. The van der Waals surface area contributed by atoms with Crippen molar-refractivity contribution in [2.45, 2.75) is 20.8 Å². The summed E-state index contributed by atoms with van der Waals surface area (Å²) in [5.41, 5.74) is 2.28. The Bertz CT molecular complexity index is 466. The van der Waals surface area contributed by atoms with Crippen LogP contribution in [0.4, 0.5) is 0 Å². The molecular formula is C13H15NOS. The van der Waals surface area contributed by atoms with Crippen molar-refractivity contribution in [1.29, 1.82) is 0 Å². The van der Waals surface area contributed by atoms with Gasteiger partial charge in [-0.1, -0.05) is 12.7 Å². The van der Waals surface area contributed by atoms with E-state index in [0.29, 0.717) is 5.70 Å². The van der Waals surface area contributed by atoms with Gasteiger partial charge in [0, 0.05) is 6.92 Å². The molecule has 0 aliphatic heterocycles. The maximum atomic E-state index is 11.1. The number of allylic oxidation sites excluding steroid dienone is 3. The number of carbonyl (C=O) groups excluding carboxylic acids is 1. The van der Waals surface area contributed by atoms with Crippen LogP contribution in [0.5, 0.6) is 0 Å². The fraction of sp³-hybridized carbons (Fsp3) is 0.231. The SMILES string of the molecule is C=C(N=C(/C=C\C)c1cc(C)cs1)C(C)=O. The average Bonchev–Trinajstić information content (AvgIpc) is 2.64. The average molecular weight is 233 g/mol. The Morgan fingerprint density at radius 1 is 1.56 bits per heavy atom. The molecule has 1 aromatic rings. The van der Waals surface area contributed by atoms with Gasteiger partial charge in [-0.25, -0.2) is 4.99 Å². The number of thiophene rings is 1. The molecule has 0 spiro atoms. The molecule has 0 amide bonds. The van der Waals surface area contributed by atoms with E-state index >= 15 is 0 Å². The van der Waals surface area contributed by atoms with Crippen LogP contribution in [-0.4, -0.2) is 11.5 Å². The number of nitrogens with zero attached hydrogens (tertiary/aromatic N) is 1. The molecule has 84 valence electrons. The Morgan fingerprint density at radius 3 is 2.69 bits per heavy atom. The third kappa shape index (κ3) is 3.28. The summed E-state index contributed by atoms with van der Waals surface area (Å²) < 4.78 is 0. The minimum atomic E-state index is -0.102. The number of rotatable bonds is 4. The molecule has 2 nitrogen and oxygen atoms in total. The lowest BCUT2D eigenvalue weighted by atomic mass is 10.2. The number of aliphatic imine (C=N–C) groups is 1. The van der Waals surface area contributed by atoms with Crippen molar-refractivity contribution in [1.82, 2.24) is 0 Å². The molecule has 3 heteroatoms. The van der Waals surface area contributed by atoms with E-state index in [4.69, 9.17) is 0 Å². The Hall–Kier alpha value is -1.48. The molecule has 1 heterocycles. The molecule has 1 aromatic heterocycles. The van der Waals surface area contributed by atoms with E-state index in [-0.39, 0.29) is 5.78 Å². The lowest BCUT2D eigenvalue weighted by Crippen LogP contribution is -1.98. The summed E-state index contributed by atoms with van der Waals surface area (Å²) in [6, 6.07) is 2.05. The summed E-state index contributed by atoms with van der Waals surface area (Å²) in [5.74, 6) is -0.102. The summed E-state index contributed by atoms with van der Waals surface area (Å²) in [6.45, 7) is 9.07. The summed E-state index contributed by atoms with van der Waals surface area (Å²) in [5, 5.41) is 2.06. The van der Waals surface area contributed by atoms with Crippen LogP contribution in [0.2, 0.25) is 0 Å². The molecule has 0 unspecified atom stereocenters. The van der Waals surface area contributed by atoms with E-state index in [1.807, 2.05) is 26.0 Å². The fourth-order valence-corrected chi connectivity index (χ4v) is 1.99. The maximum Gasteiger partial charge on any atom is 0.177 e. The van der Waals surface area contributed by atoms with Crippen molar-refractivity contribution in [2.24, 2.45) is 4.99 Å². The second-order valence-electron chi connectivity index (χ2n) is 3.49. The zero-order valence-electron chi connectivity index (χ0n) is 9.78. The smallest absolute Gasteiger partial charge is 0.177 e. The molecule has 0 aromatic carbocycles. The van der Waals surface area contributed by atoms with Crippen LogP contribution in [0.3, 0.4) is 0 Å². The van der Waals surface area contributed by atoms with E-state index in [0.717, 1.165) is 10.6 Å². The van der Waals surface area contributed by atoms with E-state index < -0.39 is 0 Å². The zero-order chi connectivity index (χ0) is 12.1. The highest BCUT2D eigenvalue weighted by Crippen LogP contribution is 2.16. The number of aryl methyl sites for hydroxylation is 1. The van der Waals surface area contributed by atoms with Crippen LogP contribution in [0, 0.1) is 6.92 Å². The minimum absolute atomic E-state index is 0.102. The first kappa shape index (κ1) is 12.6. The molecular weight excluding hydrogens is 218 g/mol. The van der Waals surface area contributed by atoms with Gasteiger partial charge in [0.15, 0.2) is 5.78 Å². The lowest BCUT2D eigenvalue weighted by Gasteiger charge is -1.98. The van der Waals surface area contributed by atoms with Crippen molar-refractivity contribution in [3.05, 3.63) is 46.3 Å². The third-order valence-electron chi connectivity index (χ3n) is 1.97. The number of Topliss-reactive ketones (excluding diaryl/α,β-unsaturated/α-hetero) is 1. The topological polar surface area (TPSA) is 29.4 Å². The van der Waals surface area contributed by atoms with Gasteiger partial charge in [0.05, 0.1) is 16.3 Å². The van der Waals surface area contributed by atoms with Crippen LogP contribution >= 0.6 is 11.3 Å². The second-order valence-corrected chi connectivity index (χ2v) is 4.40. The Morgan fingerprint density at radius 2 is 2.25 bits per heavy atom. The largest absolute Gasteiger partial charge is 0.293 e. The van der Waals surface area contributed by atoms with Gasteiger partial charge in [-0.3, -0.25) is 4.79 Å². The van der Waals surface area contributed by atoms with Crippen molar-refractivity contribution in [3.63, 3.8) is 0 Å². The highest BCUT2D eigenvalue weighted by atomic mass is 32.1. The van der Waals surface area contributed by atoms with Crippen molar-refractivity contribution >= 4 is 22.8 Å². The fourth-order valence-electron chi connectivity index (χ4n) is 1.12. The van der Waals surface area contributed by atoms with Crippen molar-refractivity contribution in [2.75, 3.05) is 0 Å². The van der Waals surface area contributed by atoms with Crippen LogP contribution < -0.4 is 0 Å². The first-order chi connectivity index (χ1) is 7.54. The van der Waals surface area contributed by atoms with Crippen LogP contribution in [0.1, 0.15) is 24.3 Å². The maximum absolute atomic E-state index is 11.1. The standard InChI is InChI=1S/C13H15NOS/c1-5-6-12(14-10(3)11(4)15)13-7-9(2)8-16-13/h5-8H,3H2,1-2,4H3/b6-5-,14-12?. The van der Waals surface area contributed by atoms with Crippen LogP contribution in [0.25, 0.3) is 0 Å². The Labute approximate surface area is 100 Å². The molecule has 16 heavy (non-hydrogen) atoms. The molecule has 1 rings (SSSR count). The summed E-state index contributed by atoms with van der Waals surface area (Å²) >= 11 is 1.62. The molecule has 0 fully saturated rings. The van der Waals surface area contributed by atoms with Crippen molar-refractivity contribution in [3.8, 4) is 0 Å². The number of carbonyl (C=O) groups is 1. The molecule has 0 aliphatic rings. The molecule has 0 saturated heterocycles. The third-order valence-corrected chi connectivity index (χ3v) is 3.04. The molecule has 0 N–H and O–H groups in total. The van der Waals surface area contributed by atoms with Gasteiger partial charge in [0.25, 0.3) is 0 Å². The minimum Gasteiger partial charge on any atom is -0.293 e. The van der Waals surface area contributed by atoms with Gasteiger partial charge < -0.3 is 0 Å². The van der Waals surface area contributed by atoms with Gasteiger partial charge >= 0.3 is 0 Å². The number of hydrogen-bond donors (Lipinski definition) is 0. The lowest BCUT2D eigenvalue weighted by molar-refractivity contribution is -0.113. The molecule has 0 radical (unpaired) electrons. The first-order valence-electron chi connectivity index (χ1n) is 5.01. The van der Waals surface area contributed by atoms with Gasteiger partial charge in [0.2, 0.25) is 0 Å². The van der Waals surface area contributed by atoms with E-state index in [9.17, 15) is 4.79 Å². The Balaban J connectivity index is 3.09. The van der Waals surface area contributed by atoms with E-state index in [1.165, 1.54) is 12.5 Å². The van der Waals surface area contributed by atoms with Crippen molar-refractivity contribution < 1.29 is 4.79 Å². The van der Waals surface area contributed by atoms with E-state index in [1.54, 1.807) is 11.3 Å². The second kappa shape index (κ2) is 5.56. The number of hydrogen-bond acceptors (Lipinski definition) is 3. The predicted octanol–water partition coefficient (Wildman–Crippen LogP) is 3.52. The highest BCUT2D eigenvalue weighted by molar-refractivity contribution is 7.12. The Kier molecular flexibility index (Phi) is 4.38. The molecule has 0 atom stereocenters. The van der Waals surface area contributed by atoms with Crippen LogP contribution in [-0.2, 0) is 4.79 Å². The predicted molar refractivity (Wildman–Crippen MR) is 70.2 cm³/mol. The van der Waals surface area contributed by atoms with Crippen LogP contribution in [0.15, 0.2) is 40.9 Å². The first-order valence-corrected chi connectivity index (χ1v) is 5.89. The normalized spacial score (nSPS) is 12.1. The van der Waals surface area contributed by atoms with E-state index in [2.05, 4.69) is 23.0 Å². The summed E-state index contributed by atoms with van der Waals surface area (Å²) in [4.78, 5) is 16.4. The van der Waals surface area contributed by atoms with Gasteiger partial charge in [-0.2, -0.15) is 0 Å². The molecule has 0 bridgehead atoms. The highest BCUT2D eigenvalue weighted by Gasteiger charge is 2.05. The monoisotopic (exact) mass is 233 g/mol.